The molecule has 0 saturated heterocycles. The van der Waals surface area contributed by atoms with Crippen molar-refractivity contribution >= 4 is 11.0 Å². The molecule has 0 aliphatic heterocycles. The second kappa shape index (κ2) is 5.68. The SMILES string of the molecule is Cc1ccc2oc(C(O)C(CN)c3cccnc3)cc2c1. The normalized spacial score (nSPS) is 14.2. The van der Waals surface area contributed by atoms with E-state index >= 15 is 0 Å². The molecule has 0 spiro atoms. The van der Waals surface area contributed by atoms with Gasteiger partial charge in [0.15, 0.2) is 0 Å². The maximum absolute atomic E-state index is 10.6. The summed E-state index contributed by atoms with van der Waals surface area (Å²) in [7, 11) is 0. The first-order valence-electron chi connectivity index (χ1n) is 6.97. The molecule has 108 valence electrons. The van der Waals surface area contributed by atoms with Gasteiger partial charge in [-0.05, 0) is 36.8 Å². The zero-order chi connectivity index (χ0) is 14.8. The first-order chi connectivity index (χ1) is 10.2. The molecule has 2 aromatic heterocycles. The molecule has 3 aromatic rings. The van der Waals surface area contributed by atoms with Gasteiger partial charge in [-0.15, -0.1) is 0 Å². The molecule has 21 heavy (non-hydrogen) atoms. The fraction of sp³-hybridized carbons (Fsp3) is 0.235. The molecule has 0 aliphatic carbocycles. The standard InChI is InChI=1S/C17H18N2O2/c1-11-4-5-15-13(7-11)8-16(21-15)17(20)14(9-18)12-3-2-6-19-10-12/h2-8,10,14,17,20H,9,18H2,1H3. The average Bonchev–Trinajstić information content (AvgIpc) is 2.92. The van der Waals surface area contributed by atoms with Gasteiger partial charge in [0.05, 0.1) is 0 Å². The van der Waals surface area contributed by atoms with Crippen molar-refractivity contribution in [2.45, 2.75) is 18.9 Å². The first kappa shape index (κ1) is 13.8. The van der Waals surface area contributed by atoms with Crippen LogP contribution in [0, 0.1) is 6.92 Å². The van der Waals surface area contributed by atoms with Crippen molar-refractivity contribution in [2.24, 2.45) is 5.73 Å². The fourth-order valence-electron chi connectivity index (χ4n) is 2.57. The highest BCUT2D eigenvalue weighted by atomic mass is 16.4. The highest BCUT2D eigenvalue weighted by Crippen LogP contribution is 2.33. The molecule has 1 aromatic carbocycles. The Balaban J connectivity index is 1.96. The predicted molar refractivity (Wildman–Crippen MR) is 81.9 cm³/mol. The minimum absolute atomic E-state index is 0.236. The van der Waals surface area contributed by atoms with Gasteiger partial charge >= 0.3 is 0 Å². The van der Waals surface area contributed by atoms with Crippen LogP contribution in [0.25, 0.3) is 11.0 Å². The van der Waals surface area contributed by atoms with E-state index < -0.39 is 6.10 Å². The van der Waals surface area contributed by atoms with Crippen molar-refractivity contribution in [3.63, 3.8) is 0 Å². The number of rotatable bonds is 4. The summed E-state index contributed by atoms with van der Waals surface area (Å²) in [5, 5.41) is 11.6. The lowest BCUT2D eigenvalue weighted by Gasteiger charge is -2.19. The Morgan fingerprint density at radius 1 is 1.29 bits per heavy atom. The quantitative estimate of drug-likeness (QED) is 0.771. The number of nitrogens with two attached hydrogens (primary N) is 1. The topological polar surface area (TPSA) is 72.3 Å². The number of furan rings is 1. The summed E-state index contributed by atoms with van der Waals surface area (Å²) in [5.74, 6) is 0.301. The van der Waals surface area contributed by atoms with E-state index in [0.29, 0.717) is 12.3 Å². The van der Waals surface area contributed by atoms with Crippen LogP contribution < -0.4 is 5.73 Å². The summed E-state index contributed by atoms with van der Waals surface area (Å²) in [5.41, 5.74) is 8.67. The van der Waals surface area contributed by atoms with Gasteiger partial charge in [0.1, 0.15) is 17.4 Å². The third-order valence-electron chi connectivity index (χ3n) is 3.73. The van der Waals surface area contributed by atoms with E-state index in [1.165, 1.54) is 0 Å². The highest BCUT2D eigenvalue weighted by Gasteiger charge is 2.24. The molecule has 3 rings (SSSR count). The minimum Gasteiger partial charge on any atom is -0.458 e. The van der Waals surface area contributed by atoms with Gasteiger partial charge in [-0.1, -0.05) is 17.7 Å². The van der Waals surface area contributed by atoms with E-state index in [1.807, 2.05) is 43.3 Å². The van der Waals surface area contributed by atoms with Crippen LogP contribution in [0.5, 0.6) is 0 Å². The molecule has 0 fully saturated rings. The van der Waals surface area contributed by atoms with Crippen molar-refractivity contribution in [2.75, 3.05) is 6.54 Å². The van der Waals surface area contributed by atoms with Crippen LogP contribution in [-0.2, 0) is 0 Å². The Morgan fingerprint density at radius 3 is 2.86 bits per heavy atom. The van der Waals surface area contributed by atoms with Crippen LogP contribution in [0.1, 0.15) is 28.9 Å². The second-order valence-corrected chi connectivity index (χ2v) is 5.26. The van der Waals surface area contributed by atoms with Crippen molar-refractivity contribution < 1.29 is 9.52 Å². The summed E-state index contributed by atoms with van der Waals surface area (Å²) >= 11 is 0. The fourth-order valence-corrected chi connectivity index (χ4v) is 2.57. The molecule has 4 nitrogen and oxygen atoms in total. The number of aromatic nitrogens is 1. The van der Waals surface area contributed by atoms with Crippen LogP contribution in [0.15, 0.2) is 53.2 Å². The lowest BCUT2D eigenvalue weighted by atomic mass is 9.93. The summed E-state index contributed by atoms with van der Waals surface area (Å²) in [4.78, 5) is 4.09. The van der Waals surface area contributed by atoms with Crippen molar-refractivity contribution in [1.29, 1.82) is 0 Å². The second-order valence-electron chi connectivity index (χ2n) is 5.26. The maximum atomic E-state index is 10.6. The predicted octanol–water partition coefficient (Wildman–Crippen LogP) is 2.91. The number of aliphatic hydroxyl groups is 1. The summed E-state index contributed by atoms with van der Waals surface area (Å²) in [6.07, 6.45) is 2.65. The van der Waals surface area contributed by atoms with Crippen LogP contribution in [0.3, 0.4) is 0 Å². The van der Waals surface area contributed by atoms with Gasteiger partial charge < -0.3 is 15.3 Å². The Hall–Kier alpha value is -2.17. The first-order valence-corrected chi connectivity index (χ1v) is 6.97. The molecular weight excluding hydrogens is 264 g/mol. The highest BCUT2D eigenvalue weighted by molar-refractivity contribution is 5.78. The van der Waals surface area contributed by atoms with Gasteiger partial charge in [0, 0.05) is 30.2 Å². The molecule has 0 bridgehead atoms. The lowest BCUT2D eigenvalue weighted by molar-refractivity contribution is 0.124. The van der Waals surface area contributed by atoms with E-state index in [4.69, 9.17) is 10.2 Å². The number of hydrogen-bond donors (Lipinski definition) is 2. The Kier molecular flexibility index (Phi) is 3.73. The van der Waals surface area contributed by atoms with Gasteiger partial charge in [-0.3, -0.25) is 4.98 Å². The molecule has 0 aliphatic rings. The van der Waals surface area contributed by atoms with Gasteiger partial charge in [-0.2, -0.15) is 0 Å². The largest absolute Gasteiger partial charge is 0.458 e. The van der Waals surface area contributed by atoms with E-state index in [9.17, 15) is 5.11 Å². The van der Waals surface area contributed by atoms with Gasteiger partial charge in [0.25, 0.3) is 0 Å². The number of pyridine rings is 1. The molecule has 0 radical (unpaired) electrons. The third kappa shape index (κ3) is 2.68. The molecular formula is C17H18N2O2. The van der Waals surface area contributed by atoms with E-state index in [0.717, 1.165) is 22.1 Å². The zero-order valence-electron chi connectivity index (χ0n) is 11.9. The van der Waals surface area contributed by atoms with Crippen LogP contribution in [0.2, 0.25) is 0 Å². The maximum Gasteiger partial charge on any atom is 0.134 e. The molecule has 2 unspecified atom stereocenters. The van der Waals surface area contributed by atoms with E-state index in [2.05, 4.69) is 4.98 Å². The van der Waals surface area contributed by atoms with E-state index in [-0.39, 0.29) is 5.92 Å². The van der Waals surface area contributed by atoms with Gasteiger partial charge in [0.2, 0.25) is 0 Å². The molecule has 2 heterocycles. The molecule has 0 saturated carbocycles. The molecule has 0 amide bonds. The average molecular weight is 282 g/mol. The Bertz CT molecular complexity index is 737. The number of benzene rings is 1. The molecule has 3 N–H and O–H groups in total. The number of fused-ring (bicyclic) bond motifs is 1. The summed E-state index contributed by atoms with van der Waals surface area (Å²) < 4.78 is 5.76. The monoisotopic (exact) mass is 282 g/mol. The lowest BCUT2D eigenvalue weighted by Crippen LogP contribution is -2.20. The Morgan fingerprint density at radius 2 is 2.14 bits per heavy atom. The zero-order valence-corrected chi connectivity index (χ0v) is 11.9. The van der Waals surface area contributed by atoms with Crippen LogP contribution >= 0.6 is 0 Å². The van der Waals surface area contributed by atoms with Crippen molar-refractivity contribution in [3.05, 3.63) is 65.7 Å². The molecule has 4 heteroatoms. The van der Waals surface area contributed by atoms with Crippen LogP contribution in [-0.4, -0.2) is 16.6 Å². The van der Waals surface area contributed by atoms with Crippen LogP contribution in [0.4, 0.5) is 0 Å². The molecule has 2 atom stereocenters. The minimum atomic E-state index is -0.785. The Labute approximate surface area is 123 Å². The summed E-state index contributed by atoms with van der Waals surface area (Å²) in [6, 6.07) is 11.6. The number of aryl methyl sites for hydroxylation is 1. The number of aliphatic hydroxyl groups excluding tert-OH is 1. The third-order valence-corrected chi connectivity index (χ3v) is 3.73. The van der Waals surface area contributed by atoms with Gasteiger partial charge in [-0.25, -0.2) is 0 Å². The number of hydrogen-bond acceptors (Lipinski definition) is 4. The van der Waals surface area contributed by atoms with Crippen molar-refractivity contribution in [3.8, 4) is 0 Å². The van der Waals surface area contributed by atoms with E-state index in [1.54, 1.807) is 12.4 Å². The smallest absolute Gasteiger partial charge is 0.134 e. The number of nitrogens with zero attached hydrogens (tertiary/aromatic N) is 1. The van der Waals surface area contributed by atoms with Crippen molar-refractivity contribution in [1.82, 2.24) is 4.98 Å². The summed E-state index contributed by atoms with van der Waals surface area (Å²) in [6.45, 7) is 2.35.